The number of halogens is 5. The molecule has 0 unspecified atom stereocenters. The first-order valence-corrected chi connectivity index (χ1v) is 25.8. The average molecular weight is 1090 g/mol. The molecule has 0 aliphatic carbocycles. The Hall–Kier alpha value is -5.38. The molecule has 9 heterocycles. The van der Waals surface area contributed by atoms with Crippen LogP contribution in [0.2, 0.25) is 5.28 Å². The normalized spacial score (nSPS) is 24.6. The van der Waals surface area contributed by atoms with E-state index in [9.17, 15) is 17.6 Å². The van der Waals surface area contributed by atoms with Gasteiger partial charge in [-0.3, -0.25) is 0 Å². The number of hydrogen-bond acceptors (Lipinski definition) is 20. The fourth-order valence-corrected chi connectivity index (χ4v) is 9.21. The third kappa shape index (κ3) is 13.8. The number of aromatic nitrogens is 8. The largest absolute Gasteiger partial charge is 0.496 e. The van der Waals surface area contributed by atoms with E-state index in [-0.39, 0.29) is 81.1 Å². The lowest BCUT2D eigenvalue weighted by Gasteiger charge is -2.39. The predicted octanol–water partition coefficient (Wildman–Crippen LogP) is 6.20. The van der Waals surface area contributed by atoms with Gasteiger partial charge in [-0.15, -0.1) is 0 Å². The second-order valence-electron chi connectivity index (χ2n) is 20.7. The molecule has 0 aromatic carbocycles. The van der Waals surface area contributed by atoms with Crippen molar-refractivity contribution in [3.63, 3.8) is 0 Å². The van der Waals surface area contributed by atoms with Crippen LogP contribution in [0.15, 0.2) is 29.5 Å². The van der Waals surface area contributed by atoms with Gasteiger partial charge >= 0.3 is 7.12 Å². The molecule has 9 rings (SSSR count). The maximum Gasteiger partial charge on any atom is 0.496 e. The Morgan fingerprint density at radius 3 is 1.59 bits per heavy atom. The van der Waals surface area contributed by atoms with Gasteiger partial charge in [-0.1, -0.05) is 0 Å². The van der Waals surface area contributed by atoms with Crippen molar-refractivity contribution in [1.82, 2.24) is 44.8 Å². The molecule has 2 N–H and O–H groups in total. The minimum atomic E-state index is -2.74. The number of pyridine rings is 2. The molecular formula is C49H71BClF4N15O6. The molecule has 5 fully saturated rings. The maximum absolute atomic E-state index is 13.8. The van der Waals surface area contributed by atoms with E-state index in [2.05, 4.69) is 75.4 Å². The molecule has 4 aromatic heterocycles. The summed E-state index contributed by atoms with van der Waals surface area (Å²) in [6.07, 6.45) is -1.25. The van der Waals surface area contributed by atoms with Crippen molar-refractivity contribution in [1.29, 1.82) is 0 Å². The van der Waals surface area contributed by atoms with Crippen LogP contribution in [0.4, 0.5) is 53.0 Å². The van der Waals surface area contributed by atoms with Gasteiger partial charge in [0, 0.05) is 61.7 Å². The van der Waals surface area contributed by atoms with Crippen LogP contribution in [-0.4, -0.2) is 186 Å². The third-order valence-corrected chi connectivity index (χ3v) is 14.0. The molecule has 21 nitrogen and oxygen atoms in total. The number of nitrogen functional groups attached to an aromatic ring is 1. The topological polar surface area (TPSA) is 213 Å². The highest BCUT2D eigenvalue weighted by atomic mass is 35.5. The number of hydrogen-bond donors (Lipinski definition) is 1. The second kappa shape index (κ2) is 25.0. The molecule has 4 aromatic rings. The Kier molecular flexibility index (Phi) is 19.1. The van der Waals surface area contributed by atoms with E-state index in [0.29, 0.717) is 83.2 Å². The number of rotatable bonds is 10. The summed E-state index contributed by atoms with van der Waals surface area (Å²) in [7, 11) is 2.70. The van der Waals surface area contributed by atoms with Gasteiger partial charge in [0.2, 0.25) is 29.1 Å². The van der Waals surface area contributed by atoms with Crippen molar-refractivity contribution in [2.75, 3.05) is 105 Å². The van der Waals surface area contributed by atoms with Crippen molar-refractivity contribution in [2.24, 2.45) is 4.99 Å². The number of ether oxygens (including phenoxy) is 4. The predicted molar refractivity (Wildman–Crippen MR) is 284 cm³/mol. The van der Waals surface area contributed by atoms with Gasteiger partial charge in [0.05, 0.1) is 107 Å². The lowest BCUT2D eigenvalue weighted by molar-refractivity contribution is 0.00578. The Morgan fingerprint density at radius 2 is 1.11 bits per heavy atom. The minimum Gasteiger partial charge on any atom is -0.399 e. The highest BCUT2D eigenvalue weighted by Crippen LogP contribution is 2.38. The van der Waals surface area contributed by atoms with E-state index in [1.54, 1.807) is 19.0 Å². The van der Waals surface area contributed by atoms with Crippen LogP contribution in [0.1, 0.15) is 93.2 Å². The van der Waals surface area contributed by atoms with Crippen LogP contribution in [0.25, 0.3) is 11.4 Å². The zero-order valence-corrected chi connectivity index (χ0v) is 46.1. The summed E-state index contributed by atoms with van der Waals surface area (Å²) in [5, 5.41) is 0.226. The minimum absolute atomic E-state index is 0.0192. The first-order chi connectivity index (χ1) is 35.9. The third-order valence-electron chi connectivity index (χ3n) is 13.8. The van der Waals surface area contributed by atoms with Crippen LogP contribution >= 0.6 is 11.6 Å². The molecule has 0 spiro atoms. The van der Waals surface area contributed by atoms with Crippen LogP contribution in [0.5, 0.6) is 0 Å². The van der Waals surface area contributed by atoms with Crippen LogP contribution in [-0.2, 0) is 28.3 Å². The molecule has 27 heteroatoms. The highest BCUT2D eigenvalue weighted by molar-refractivity contribution is 6.62. The molecule has 5 aliphatic heterocycles. The van der Waals surface area contributed by atoms with Gasteiger partial charge in [-0.05, 0) is 93.0 Å². The molecule has 0 radical (unpaired) electrons. The Bertz CT molecular complexity index is 2580. The van der Waals surface area contributed by atoms with Gasteiger partial charge in [-0.2, -0.15) is 29.9 Å². The molecule has 0 bridgehead atoms. The van der Waals surface area contributed by atoms with Crippen molar-refractivity contribution in [3.05, 3.63) is 40.9 Å². The summed E-state index contributed by atoms with van der Waals surface area (Å²) in [6, 6.07) is 3.15. The number of anilines is 5. The fourth-order valence-electron chi connectivity index (χ4n) is 9.06. The Balaban J connectivity index is 0.000000169. The fraction of sp³-hybridized carbons (Fsp3) is 0.653. The van der Waals surface area contributed by atoms with Gasteiger partial charge in [0.1, 0.15) is 5.82 Å². The number of nitrogens with two attached hydrogens (primary N) is 1. The first kappa shape index (κ1) is 58.3. The van der Waals surface area contributed by atoms with Crippen molar-refractivity contribution < 1.29 is 45.8 Å². The molecule has 416 valence electrons. The molecule has 0 amide bonds. The van der Waals surface area contributed by atoms with Crippen LogP contribution < -0.4 is 30.8 Å². The number of nitrogens with zero attached hydrogens (tertiary/aromatic N) is 14. The lowest BCUT2D eigenvalue weighted by atomic mass is 9.77. The molecule has 0 saturated carbocycles. The van der Waals surface area contributed by atoms with E-state index in [4.69, 9.17) is 50.6 Å². The van der Waals surface area contributed by atoms with Crippen LogP contribution in [0.3, 0.4) is 0 Å². The number of alkyl halides is 4. The molecular weight excluding hydrogens is 1020 g/mol. The van der Waals surface area contributed by atoms with Crippen molar-refractivity contribution in [3.8, 4) is 11.4 Å². The van der Waals surface area contributed by atoms with E-state index < -0.39 is 31.2 Å². The SMILES string of the molecule is CN(C)C=Nc1cc(C(F)F)c(B2OC(C)(C)C(C)(C)O2)cn1.C[C@@H]1COCCN1c1nc(-c2cnc(N)cc2C(F)F)nc(N2[C@@H](C)COC[C@@H]2C)n1.C[C@@H]1COCCN1c1nc(Cl)nc(N2[C@@H](C)COC[C@@H]2C)n1. The van der Waals surface area contributed by atoms with Gasteiger partial charge in [0.15, 0.2) is 11.6 Å². The number of aliphatic imine (C=N–C) groups is 1. The zero-order chi connectivity index (χ0) is 55.2. The van der Waals surface area contributed by atoms with Crippen LogP contribution in [0, 0.1) is 0 Å². The second-order valence-corrected chi connectivity index (χ2v) is 21.1. The van der Waals surface area contributed by atoms with Crippen molar-refractivity contribution in [2.45, 2.75) is 130 Å². The maximum atomic E-state index is 13.8. The van der Waals surface area contributed by atoms with E-state index in [1.165, 1.54) is 30.9 Å². The smallest absolute Gasteiger partial charge is 0.399 e. The molecule has 76 heavy (non-hydrogen) atoms. The van der Waals surface area contributed by atoms with Gasteiger partial charge < -0.3 is 58.5 Å². The summed E-state index contributed by atoms with van der Waals surface area (Å²) in [5.74, 6) is 2.49. The number of morpholine rings is 4. The molecule has 5 saturated heterocycles. The zero-order valence-electron chi connectivity index (χ0n) is 45.3. The summed E-state index contributed by atoms with van der Waals surface area (Å²) in [6.45, 7) is 26.0. The summed E-state index contributed by atoms with van der Waals surface area (Å²) < 4.78 is 88.3. The Morgan fingerprint density at radius 1 is 0.645 bits per heavy atom. The standard InChI is InChI=1S/C20H27F2N7O2.C15H22BF2N3O2.C14H22ClN5O2/c1-11-8-30-5-4-28(11)19-25-18(15-7-24-16(23)6-14(15)17(21)22)26-20(27-19)29-12(2)9-31-10-13(29)3;1-14(2)15(3,4)23-16(22-14)11-8-19-12(20-9-21(5)6)7-10(11)13(17)18;1-9-6-21-5-4-19(9)13-16-12(15)17-14(18-13)20-10(2)7-22-8-11(20)3/h6-7,11-13,17H,4-5,8-10H2,1-3H3,(H2,23,24);7-9,13H,1-6H3;9-11H,4-8H2,1-3H3/t11-,12+,13+;;9-,10+,11+/m1.1/s1. The average Bonchev–Trinajstić information content (AvgIpc) is 3.59. The van der Waals surface area contributed by atoms with Crippen molar-refractivity contribution >= 4 is 65.9 Å². The molecule has 6 atom stereocenters. The summed E-state index contributed by atoms with van der Waals surface area (Å²) in [4.78, 5) is 49.4. The highest BCUT2D eigenvalue weighted by Gasteiger charge is 2.53. The molecule has 5 aliphatic rings. The lowest BCUT2D eigenvalue weighted by Crippen LogP contribution is -2.51. The van der Waals surface area contributed by atoms with E-state index in [0.717, 1.165) is 6.54 Å². The monoisotopic (exact) mass is 1090 g/mol. The van der Waals surface area contributed by atoms with E-state index >= 15 is 0 Å². The summed E-state index contributed by atoms with van der Waals surface area (Å²) >= 11 is 6.15. The first-order valence-electron chi connectivity index (χ1n) is 25.4. The van der Waals surface area contributed by atoms with E-state index in [1.807, 2.05) is 53.4 Å². The van der Waals surface area contributed by atoms with Gasteiger partial charge in [0.25, 0.3) is 12.9 Å². The summed E-state index contributed by atoms with van der Waals surface area (Å²) in [5.41, 5.74) is 4.40. The Labute approximate surface area is 447 Å². The van der Waals surface area contributed by atoms with Gasteiger partial charge in [-0.25, -0.2) is 32.5 Å². The quantitative estimate of drug-likeness (QED) is 0.0811.